The summed E-state index contributed by atoms with van der Waals surface area (Å²) < 4.78 is 58.8. The molecule has 0 saturated heterocycles. The van der Waals surface area contributed by atoms with Crippen molar-refractivity contribution in [2.24, 2.45) is 0 Å². The number of rotatable bonds is 16. The van der Waals surface area contributed by atoms with Gasteiger partial charge in [-0.3, -0.25) is 9.10 Å². The molecule has 228 valence electrons. The molecular weight excluding hydrogens is 566 g/mol. The second-order valence-corrected chi connectivity index (χ2v) is 11.9. The van der Waals surface area contributed by atoms with Crippen molar-refractivity contribution >= 4 is 21.7 Å². The van der Waals surface area contributed by atoms with Crippen LogP contribution < -0.4 is 14.9 Å². The Morgan fingerprint density at radius 1 is 1.07 bits per heavy atom. The van der Waals surface area contributed by atoms with E-state index in [1.807, 2.05) is 18.2 Å². The molecule has 9 nitrogen and oxygen atoms in total. The fourth-order valence-electron chi connectivity index (χ4n) is 4.48. The van der Waals surface area contributed by atoms with E-state index < -0.39 is 39.7 Å². The lowest BCUT2D eigenvalue weighted by atomic mass is 10.00. The van der Waals surface area contributed by atoms with Crippen molar-refractivity contribution in [1.82, 2.24) is 15.6 Å². The highest BCUT2D eigenvalue weighted by atomic mass is 32.2. The van der Waals surface area contributed by atoms with Crippen molar-refractivity contribution in [1.29, 1.82) is 0 Å². The van der Waals surface area contributed by atoms with Crippen LogP contribution in [0, 0.1) is 11.6 Å². The van der Waals surface area contributed by atoms with E-state index in [-0.39, 0.29) is 36.5 Å². The SMILES string of the molecule is CCc1cccc(CNC[C@H](O)[C@H](Cc2cc(F)cc(F)c2)NC(=O)c2ccnc(N(CCCOC)S(C)(=O)=O)c2)c1. The number of anilines is 1. The number of hydrogen-bond donors (Lipinski definition) is 3. The number of aromatic nitrogens is 1. The number of benzene rings is 2. The summed E-state index contributed by atoms with van der Waals surface area (Å²) in [6.07, 6.45) is 2.48. The Morgan fingerprint density at radius 2 is 1.79 bits per heavy atom. The van der Waals surface area contributed by atoms with Gasteiger partial charge in [-0.05, 0) is 60.2 Å². The predicted molar refractivity (Wildman–Crippen MR) is 158 cm³/mol. The average Bonchev–Trinajstić information content (AvgIpc) is 2.94. The summed E-state index contributed by atoms with van der Waals surface area (Å²) in [6, 6.07) is 12.9. The number of methoxy groups -OCH3 is 1. The number of halogens is 2. The Kier molecular flexibility index (Phi) is 12.3. The molecule has 0 saturated carbocycles. The van der Waals surface area contributed by atoms with Crippen molar-refractivity contribution in [3.63, 3.8) is 0 Å². The lowest BCUT2D eigenvalue weighted by Gasteiger charge is -2.25. The van der Waals surface area contributed by atoms with Crippen LogP contribution in [0.1, 0.15) is 40.4 Å². The molecular formula is C30H38F2N4O5S. The maximum absolute atomic E-state index is 13.9. The monoisotopic (exact) mass is 604 g/mol. The standard InChI is InChI=1S/C30H38F2N4O5S/c1-4-21-7-5-8-22(13-21)19-33-20-28(37)27(16-23-14-25(31)18-26(32)15-23)35-30(38)24-9-10-34-29(17-24)36(42(3,39)40)11-6-12-41-2/h5,7-10,13-15,17-18,27-28,33,37H,4,6,11-12,16,19-20H2,1-3H3,(H,35,38)/t27-,28-/m0/s1. The van der Waals surface area contributed by atoms with Crippen LogP contribution in [0.4, 0.5) is 14.6 Å². The zero-order valence-electron chi connectivity index (χ0n) is 24.0. The average molecular weight is 605 g/mol. The molecule has 2 aromatic carbocycles. The molecule has 0 aliphatic rings. The van der Waals surface area contributed by atoms with Crippen LogP contribution in [0.3, 0.4) is 0 Å². The van der Waals surface area contributed by atoms with Crippen LogP contribution in [0.25, 0.3) is 0 Å². The number of nitrogens with one attached hydrogen (secondary N) is 2. The van der Waals surface area contributed by atoms with Gasteiger partial charge < -0.3 is 20.5 Å². The number of amides is 1. The van der Waals surface area contributed by atoms with Gasteiger partial charge in [-0.1, -0.05) is 31.2 Å². The van der Waals surface area contributed by atoms with Crippen LogP contribution in [-0.4, -0.2) is 69.6 Å². The molecule has 0 aliphatic heterocycles. The first-order chi connectivity index (χ1) is 20.0. The lowest BCUT2D eigenvalue weighted by Crippen LogP contribution is -2.48. The smallest absolute Gasteiger partial charge is 0.251 e. The Labute approximate surface area is 246 Å². The third-order valence-corrected chi connectivity index (χ3v) is 7.78. The number of aryl methyl sites for hydroxylation is 1. The summed E-state index contributed by atoms with van der Waals surface area (Å²) in [5.74, 6) is -2.10. The Bertz CT molecular complexity index is 1420. The van der Waals surface area contributed by atoms with Gasteiger partial charge in [-0.2, -0.15) is 0 Å². The minimum Gasteiger partial charge on any atom is -0.390 e. The normalized spacial score (nSPS) is 13.0. The number of aliphatic hydroxyl groups excluding tert-OH is 1. The molecule has 1 aromatic heterocycles. The van der Waals surface area contributed by atoms with Gasteiger partial charge in [0, 0.05) is 51.2 Å². The molecule has 0 radical (unpaired) electrons. The van der Waals surface area contributed by atoms with E-state index >= 15 is 0 Å². The Hall–Kier alpha value is -3.45. The molecule has 0 bridgehead atoms. The summed E-state index contributed by atoms with van der Waals surface area (Å²) in [4.78, 5) is 17.5. The maximum Gasteiger partial charge on any atom is 0.251 e. The molecule has 3 aromatic rings. The Morgan fingerprint density at radius 3 is 2.45 bits per heavy atom. The van der Waals surface area contributed by atoms with Gasteiger partial charge in [0.05, 0.1) is 18.4 Å². The summed E-state index contributed by atoms with van der Waals surface area (Å²) in [5, 5.41) is 17.0. The van der Waals surface area contributed by atoms with E-state index in [1.54, 1.807) is 0 Å². The van der Waals surface area contributed by atoms with Crippen molar-refractivity contribution < 1.29 is 31.8 Å². The second kappa shape index (κ2) is 15.7. The first kappa shape index (κ1) is 33.1. The number of pyridine rings is 1. The quantitative estimate of drug-likeness (QED) is 0.215. The highest BCUT2D eigenvalue weighted by molar-refractivity contribution is 7.92. The number of aliphatic hydroxyl groups is 1. The summed E-state index contributed by atoms with van der Waals surface area (Å²) in [7, 11) is -2.19. The molecule has 12 heteroatoms. The van der Waals surface area contributed by atoms with E-state index in [1.165, 1.54) is 31.0 Å². The minimum absolute atomic E-state index is 0.0565. The van der Waals surface area contributed by atoms with Crippen molar-refractivity contribution in [2.75, 3.05) is 37.4 Å². The van der Waals surface area contributed by atoms with E-state index in [4.69, 9.17) is 4.74 Å². The number of sulfonamides is 1. The lowest BCUT2D eigenvalue weighted by molar-refractivity contribution is 0.0829. The maximum atomic E-state index is 13.9. The van der Waals surface area contributed by atoms with Gasteiger partial charge in [-0.25, -0.2) is 22.2 Å². The van der Waals surface area contributed by atoms with Gasteiger partial charge in [0.2, 0.25) is 10.0 Å². The van der Waals surface area contributed by atoms with Crippen LogP contribution in [-0.2, 0) is 34.1 Å². The first-order valence-corrected chi connectivity index (χ1v) is 15.5. The third-order valence-electron chi connectivity index (χ3n) is 6.61. The van der Waals surface area contributed by atoms with E-state index in [9.17, 15) is 27.1 Å². The zero-order chi connectivity index (χ0) is 30.7. The third kappa shape index (κ3) is 10.1. The molecule has 3 rings (SSSR count). The van der Waals surface area contributed by atoms with Gasteiger partial charge >= 0.3 is 0 Å². The number of hydrogen-bond acceptors (Lipinski definition) is 7. The predicted octanol–water partition coefficient (Wildman–Crippen LogP) is 3.22. The number of carbonyl (C=O) groups excluding carboxylic acids is 1. The number of carbonyl (C=O) groups is 1. The molecule has 0 unspecified atom stereocenters. The summed E-state index contributed by atoms with van der Waals surface area (Å²) in [5.41, 5.74) is 2.56. The molecule has 0 aliphatic carbocycles. The summed E-state index contributed by atoms with van der Waals surface area (Å²) in [6.45, 7) is 3.06. The van der Waals surface area contributed by atoms with Gasteiger partial charge in [0.1, 0.15) is 17.5 Å². The van der Waals surface area contributed by atoms with E-state index in [0.29, 0.717) is 19.6 Å². The van der Waals surface area contributed by atoms with Gasteiger partial charge in [-0.15, -0.1) is 0 Å². The van der Waals surface area contributed by atoms with E-state index in [2.05, 4.69) is 28.6 Å². The minimum atomic E-state index is -3.70. The van der Waals surface area contributed by atoms with Crippen LogP contribution in [0.15, 0.2) is 60.8 Å². The fourth-order valence-corrected chi connectivity index (χ4v) is 5.38. The van der Waals surface area contributed by atoms with Crippen LogP contribution >= 0.6 is 0 Å². The highest BCUT2D eigenvalue weighted by Gasteiger charge is 2.25. The topological polar surface area (TPSA) is 121 Å². The van der Waals surface area contributed by atoms with Crippen molar-refractivity contribution in [2.45, 2.75) is 44.9 Å². The molecule has 3 N–H and O–H groups in total. The highest BCUT2D eigenvalue weighted by Crippen LogP contribution is 2.18. The second-order valence-electron chi connectivity index (χ2n) is 10.0. The van der Waals surface area contributed by atoms with Gasteiger partial charge in [0.25, 0.3) is 5.91 Å². The van der Waals surface area contributed by atoms with Crippen LogP contribution in [0.2, 0.25) is 0 Å². The van der Waals surface area contributed by atoms with Gasteiger partial charge in [0.15, 0.2) is 0 Å². The number of ether oxygens (including phenoxy) is 1. The number of nitrogens with zero attached hydrogens (tertiary/aromatic N) is 2. The first-order valence-electron chi connectivity index (χ1n) is 13.6. The largest absolute Gasteiger partial charge is 0.390 e. The van der Waals surface area contributed by atoms with Crippen LogP contribution in [0.5, 0.6) is 0 Å². The molecule has 1 amide bonds. The fraction of sp³-hybridized carbons (Fsp3) is 0.400. The van der Waals surface area contributed by atoms with Crippen molar-refractivity contribution in [3.05, 3.63) is 94.7 Å². The molecule has 1 heterocycles. The molecule has 42 heavy (non-hydrogen) atoms. The molecule has 0 spiro atoms. The summed E-state index contributed by atoms with van der Waals surface area (Å²) >= 11 is 0. The van der Waals surface area contributed by atoms with Crippen molar-refractivity contribution in [3.8, 4) is 0 Å². The molecule has 2 atom stereocenters. The van der Waals surface area contributed by atoms with E-state index in [0.717, 1.165) is 40.7 Å². The Balaban J connectivity index is 1.79. The zero-order valence-corrected chi connectivity index (χ0v) is 24.8. The molecule has 0 fully saturated rings.